The SMILES string of the molecule is CCNC(=NCC(C)(C)c1ccc2c(c1)OCCO2)N1CCC(COCCOC)C1. The van der Waals surface area contributed by atoms with Crippen molar-refractivity contribution in [1.82, 2.24) is 10.2 Å². The van der Waals surface area contributed by atoms with E-state index in [0.29, 0.717) is 38.9 Å². The molecule has 1 aromatic rings. The lowest BCUT2D eigenvalue weighted by Crippen LogP contribution is -2.41. The van der Waals surface area contributed by atoms with Crippen molar-refractivity contribution in [2.45, 2.75) is 32.6 Å². The van der Waals surface area contributed by atoms with Crippen LogP contribution < -0.4 is 14.8 Å². The van der Waals surface area contributed by atoms with Crippen molar-refractivity contribution in [1.29, 1.82) is 0 Å². The fourth-order valence-corrected chi connectivity index (χ4v) is 3.81. The van der Waals surface area contributed by atoms with Gasteiger partial charge in [0.1, 0.15) is 13.2 Å². The Morgan fingerprint density at radius 3 is 2.80 bits per heavy atom. The molecule has 30 heavy (non-hydrogen) atoms. The first-order valence-electron chi connectivity index (χ1n) is 11.0. The number of hydrogen-bond donors (Lipinski definition) is 1. The van der Waals surface area contributed by atoms with Gasteiger partial charge in [-0.05, 0) is 31.0 Å². The highest BCUT2D eigenvalue weighted by Crippen LogP contribution is 2.35. The lowest BCUT2D eigenvalue weighted by molar-refractivity contribution is 0.0536. The number of likely N-dealkylation sites (tertiary alicyclic amines) is 1. The van der Waals surface area contributed by atoms with Gasteiger partial charge in [-0.3, -0.25) is 4.99 Å². The summed E-state index contributed by atoms with van der Waals surface area (Å²) in [7, 11) is 1.70. The van der Waals surface area contributed by atoms with Gasteiger partial charge in [0.05, 0.1) is 26.4 Å². The Bertz CT molecular complexity index is 708. The standard InChI is InChI=1S/C23H37N3O4/c1-5-24-22(26-9-8-18(15-26)16-28-11-10-27-4)25-17-23(2,3)19-6-7-20-21(14-19)30-13-12-29-20/h6-7,14,18H,5,8-13,15-17H2,1-4H3,(H,24,25). The number of guanidine groups is 1. The minimum Gasteiger partial charge on any atom is -0.486 e. The Morgan fingerprint density at radius 2 is 2.03 bits per heavy atom. The summed E-state index contributed by atoms with van der Waals surface area (Å²) < 4.78 is 22.2. The summed E-state index contributed by atoms with van der Waals surface area (Å²) in [5, 5.41) is 3.47. The van der Waals surface area contributed by atoms with E-state index >= 15 is 0 Å². The molecule has 2 aliphatic heterocycles. The average molecular weight is 420 g/mol. The van der Waals surface area contributed by atoms with Gasteiger partial charge in [-0.25, -0.2) is 0 Å². The molecule has 7 nitrogen and oxygen atoms in total. The fraction of sp³-hybridized carbons (Fsp3) is 0.696. The Morgan fingerprint density at radius 1 is 1.23 bits per heavy atom. The largest absolute Gasteiger partial charge is 0.486 e. The smallest absolute Gasteiger partial charge is 0.193 e. The highest BCUT2D eigenvalue weighted by molar-refractivity contribution is 5.80. The van der Waals surface area contributed by atoms with Crippen LogP contribution in [0, 0.1) is 5.92 Å². The van der Waals surface area contributed by atoms with Crippen LogP contribution in [0.2, 0.25) is 0 Å². The van der Waals surface area contributed by atoms with Crippen molar-refractivity contribution < 1.29 is 18.9 Å². The summed E-state index contributed by atoms with van der Waals surface area (Å²) in [6.45, 7) is 13.4. The van der Waals surface area contributed by atoms with E-state index in [1.165, 1.54) is 5.56 Å². The minimum atomic E-state index is -0.112. The van der Waals surface area contributed by atoms with E-state index < -0.39 is 0 Å². The molecule has 2 aliphatic rings. The molecule has 2 heterocycles. The van der Waals surface area contributed by atoms with Gasteiger partial charge in [0.2, 0.25) is 0 Å². The molecule has 0 aliphatic carbocycles. The van der Waals surface area contributed by atoms with Gasteiger partial charge in [0.25, 0.3) is 0 Å². The number of nitrogens with one attached hydrogen (secondary N) is 1. The maximum absolute atomic E-state index is 5.76. The Hall–Kier alpha value is -1.99. The molecule has 168 valence electrons. The van der Waals surface area contributed by atoms with Crippen LogP contribution in [0.5, 0.6) is 11.5 Å². The third kappa shape index (κ3) is 6.01. The molecule has 3 rings (SSSR count). The van der Waals surface area contributed by atoms with Gasteiger partial charge < -0.3 is 29.2 Å². The number of benzene rings is 1. The first-order chi connectivity index (χ1) is 14.5. The topological polar surface area (TPSA) is 64.6 Å². The Kier molecular flexibility index (Phi) is 8.22. The van der Waals surface area contributed by atoms with Crippen LogP contribution in [0.15, 0.2) is 23.2 Å². The van der Waals surface area contributed by atoms with Crippen LogP contribution >= 0.6 is 0 Å². The number of rotatable bonds is 9. The number of ether oxygens (including phenoxy) is 4. The molecule has 0 radical (unpaired) electrons. The van der Waals surface area contributed by atoms with Gasteiger partial charge >= 0.3 is 0 Å². The summed E-state index contributed by atoms with van der Waals surface area (Å²) in [5.41, 5.74) is 1.09. The predicted molar refractivity (Wildman–Crippen MR) is 119 cm³/mol. The minimum absolute atomic E-state index is 0.112. The van der Waals surface area contributed by atoms with Crippen LogP contribution in [-0.2, 0) is 14.9 Å². The van der Waals surface area contributed by atoms with E-state index in [-0.39, 0.29) is 5.41 Å². The van der Waals surface area contributed by atoms with Crippen molar-refractivity contribution in [2.75, 3.05) is 66.3 Å². The van der Waals surface area contributed by atoms with Crippen molar-refractivity contribution in [3.63, 3.8) is 0 Å². The third-order valence-electron chi connectivity index (χ3n) is 5.65. The molecule has 1 N–H and O–H groups in total. The molecular formula is C23H37N3O4. The summed E-state index contributed by atoms with van der Waals surface area (Å²) >= 11 is 0. The highest BCUT2D eigenvalue weighted by Gasteiger charge is 2.27. The van der Waals surface area contributed by atoms with E-state index in [1.807, 2.05) is 6.07 Å². The number of methoxy groups -OCH3 is 1. The molecule has 0 saturated carbocycles. The van der Waals surface area contributed by atoms with Gasteiger partial charge in [0.15, 0.2) is 17.5 Å². The van der Waals surface area contributed by atoms with E-state index in [1.54, 1.807) is 7.11 Å². The molecular weight excluding hydrogens is 382 g/mol. The van der Waals surface area contributed by atoms with E-state index in [2.05, 4.69) is 43.1 Å². The molecule has 0 aromatic heterocycles. The zero-order chi connectivity index (χ0) is 21.4. The first kappa shape index (κ1) is 22.7. The van der Waals surface area contributed by atoms with Crippen LogP contribution in [-0.4, -0.2) is 77.2 Å². The lowest BCUT2D eigenvalue weighted by atomic mass is 9.84. The molecule has 1 fully saturated rings. The maximum Gasteiger partial charge on any atom is 0.193 e. The lowest BCUT2D eigenvalue weighted by Gasteiger charge is -2.28. The van der Waals surface area contributed by atoms with Gasteiger partial charge in [-0.1, -0.05) is 19.9 Å². The quantitative estimate of drug-likeness (QED) is 0.377. The predicted octanol–water partition coefficient (Wildman–Crippen LogP) is 2.69. The molecule has 1 saturated heterocycles. The molecule has 0 spiro atoms. The van der Waals surface area contributed by atoms with Gasteiger partial charge in [0, 0.05) is 38.1 Å². The number of hydrogen-bond acceptors (Lipinski definition) is 5. The maximum atomic E-state index is 5.76. The normalized spacial score (nSPS) is 19.3. The van der Waals surface area contributed by atoms with Gasteiger partial charge in [-0.2, -0.15) is 0 Å². The second-order valence-electron chi connectivity index (χ2n) is 8.58. The van der Waals surface area contributed by atoms with Crippen LogP contribution in [0.3, 0.4) is 0 Å². The zero-order valence-corrected chi connectivity index (χ0v) is 18.9. The number of aliphatic imine (C=N–C) groups is 1. The van der Waals surface area contributed by atoms with Gasteiger partial charge in [-0.15, -0.1) is 0 Å². The fourth-order valence-electron chi connectivity index (χ4n) is 3.81. The second-order valence-corrected chi connectivity index (χ2v) is 8.58. The molecule has 7 heteroatoms. The van der Waals surface area contributed by atoms with Crippen molar-refractivity contribution >= 4 is 5.96 Å². The summed E-state index contributed by atoms with van der Waals surface area (Å²) in [4.78, 5) is 7.35. The number of nitrogens with zero attached hydrogens (tertiary/aromatic N) is 2. The molecule has 0 bridgehead atoms. The van der Waals surface area contributed by atoms with Crippen molar-refractivity contribution in [3.05, 3.63) is 23.8 Å². The Balaban J connectivity index is 1.61. The van der Waals surface area contributed by atoms with Crippen molar-refractivity contribution in [2.24, 2.45) is 10.9 Å². The van der Waals surface area contributed by atoms with Crippen LogP contribution in [0.25, 0.3) is 0 Å². The number of fused-ring (bicyclic) bond motifs is 1. The molecule has 1 atom stereocenters. The molecule has 1 aromatic carbocycles. The Labute approximate surface area is 180 Å². The van der Waals surface area contributed by atoms with Crippen molar-refractivity contribution in [3.8, 4) is 11.5 Å². The van der Waals surface area contributed by atoms with Crippen LogP contribution in [0.1, 0.15) is 32.8 Å². The molecule has 0 amide bonds. The van der Waals surface area contributed by atoms with E-state index in [0.717, 1.165) is 50.1 Å². The van der Waals surface area contributed by atoms with E-state index in [4.69, 9.17) is 23.9 Å². The molecule has 1 unspecified atom stereocenters. The first-order valence-corrected chi connectivity index (χ1v) is 11.0. The monoisotopic (exact) mass is 419 g/mol. The van der Waals surface area contributed by atoms with Crippen LogP contribution in [0.4, 0.5) is 0 Å². The second kappa shape index (κ2) is 10.9. The summed E-state index contributed by atoms with van der Waals surface area (Å²) in [6, 6.07) is 6.23. The zero-order valence-electron chi connectivity index (χ0n) is 18.9. The summed E-state index contributed by atoms with van der Waals surface area (Å²) in [5.74, 6) is 3.19. The third-order valence-corrected chi connectivity index (χ3v) is 5.65. The average Bonchev–Trinajstić information content (AvgIpc) is 3.22. The van der Waals surface area contributed by atoms with E-state index in [9.17, 15) is 0 Å². The highest BCUT2D eigenvalue weighted by atomic mass is 16.6. The summed E-state index contributed by atoms with van der Waals surface area (Å²) in [6.07, 6.45) is 1.13.